The third-order valence-corrected chi connectivity index (χ3v) is 6.39. The van der Waals surface area contributed by atoms with E-state index >= 15 is 0 Å². The molecule has 8 heteroatoms. The Balaban J connectivity index is 1.29. The Kier molecular flexibility index (Phi) is 7.46. The number of fused-ring (bicyclic) bond motifs is 1. The van der Waals surface area contributed by atoms with E-state index in [0.29, 0.717) is 48.3 Å². The molecular weight excluding hydrogens is 461 g/mol. The van der Waals surface area contributed by atoms with E-state index in [1.807, 2.05) is 17.0 Å². The van der Waals surface area contributed by atoms with Crippen molar-refractivity contribution in [1.82, 2.24) is 9.88 Å². The number of carbonyl (C=O) groups is 1. The minimum Gasteiger partial charge on any atom is -0.494 e. The molecule has 1 aliphatic rings. The van der Waals surface area contributed by atoms with Crippen LogP contribution in [-0.2, 0) is 4.79 Å². The standard InChI is InChI=1S/C25H27Cl2N3O3/c1-17-15-23(28-25-19(17)5-3-6-22(25)32-2)29-10-12-30(13-11-29)24(31)7-4-14-33-21-9-8-18(26)16-20(21)27/h3,5-6,8-9,15-16H,4,7,10-14H2,1-2H3. The lowest BCUT2D eigenvalue weighted by Crippen LogP contribution is -2.49. The highest BCUT2D eigenvalue weighted by Gasteiger charge is 2.22. The number of rotatable bonds is 7. The Labute approximate surface area is 204 Å². The van der Waals surface area contributed by atoms with Gasteiger partial charge in [0.1, 0.15) is 22.8 Å². The number of hydrogen-bond donors (Lipinski definition) is 0. The molecule has 1 amide bonds. The number of methoxy groups -OCH3 is 1. The monoisotopic (exact) mass is 487 g/mol. The number of halogens is 2. The van der Waals surface area contributed by atoms with E-state index in [4.69, 9.17) is 37.7 Å². The zero-order valence-corrected chi connectivity index (χ0v) is 20.3. The molecule has 6 nitrogen and oxygen atoms in total. The van der Waals surface area contributed by atoms with Gasteiger partial charge in [-0.2, -0.15) is 0 Å². The fourth-order valence-corrected chi connectivity index (χ4v) is 4.50. The highest BCUT2D eigenvalue weighted by atomic mass is 35.5. The molecule has 2 aromatic carbocycles. The Morgan fingerprint density at radius 1 is 1.06 bits per heavy atom. The van der Waals surface area contributed by atoms with Crippen molar-refractivity contribution < 1.29 is 14.3 Å². The van der Waals surface area contributed by atoms with Crippen LogP contribution in [0.2, 0.25) is 10.0 Å². The van der Waals surface area contributed by atoms with Crippen molar-refractivity contribution in [3.63, 3.8) is 0 Å². The van der Waals surface area contributed by atoms with Gasteiger partial charge in [0.25, 0.3) is 0 Å². The summed E-state index contributed by atoms with van der Waals surface area (Å²) in [5, 5.41) is 2.13. The van der Waals surface area contributed by atoms with Gasteiger partial charge in [-0.15, -0.1) is 0 Å². The summed E-state index contributed by atoms with van der Waals surface area (Å²) in [6.07, 6.45) is 1.07. The third kappa shape index (κ3) is 5.45. The van der Waals surface area contributed by atoms with Crippen LogP contribution in [0, 0.1) is 6.92 Å². The average molecular weight is 488 g/mol. The first-order valence-corrected chi connectivity index (χ1v) is 11.8. The number of amides is 1. The summed E-state index contributed by atoms with van der Waals surface area (Å²) < 4.78 is 11.2. The fourth-order valence-electron chi connectivity index (χ4n) is 4.04. The summed E-state index contributed by atoms with van der Waals surface area (Å²) in [5.41, 5.74) is 2.03. The van der Waals surface area contributed by atoms with Gasteiger partial charge in [-0.05, 0) is 49.2 Å². The molecule has 0 atom stereocenters. The predicted molar refractivity (Wildman–Crippen MR) is 133 cm³/mol. The maximum Gasteiger partial charge on any atom is 0.222 e. The van der Waals surface area contributed by atoms with Gasteiger partial charge in [0, 0.05) is 43.0 Å². The Morgan fingerprint density at radius 2 is 1.85 bits per heavy atom. The summed E-state index contributed by atoms with van der Waals surface area (Å²) in [6, 6.07) is 13.2. The minimum absolute atomic E-state index is 0.143. The van der Waals surface area contributed by atoms with Crippen LogP contribution in [0.3, 0.4) is 0 Å². The molecule has 0 saturated carbocycles. The first kappa shape index (κ1) is 23.5. The average Bonchev–Trinajstić information content (AvgIpc) is 2.82. The third-order valence-electron chi connectivity index (χ3n) is 5.86. The van der Waals surface area contributed by atoms with Crippen LogP contribution in [0.25, 0.3) is 10.9 Å². The Morgan fingerprint density at radius 3 is 2.58 bits per heavy atom. The highest BCUT2D eigenvalue weighted by molar-refractivity contribution is 6.35. The zero-order chi connectivity index (χ0) is 23.4. The lowest BCUT2D eigenvalue weighted by Gasteiger charge is -2.35. The van der Waals surface area contributed by atoms with Crippen LogP contribution in [0.5, 0.6) is 11.5 Å². The van der Waals surface area contributed by atoms with Crippen molar-refractivity contribution in [3.8, 4) is 11.5 Å². The summed E-state index contributed by atoms with van der Waals surface area (Å²) in [5.74, 6) is 2.42. The summed E-state index contributed by atoms with van der Waals surface area (Å²) in [6.45, 7) is 5.35. The molecule has 0 aliphatic carbocycles. The first-order valence-electron chi connectivity index (χ1n) is 11.0. The van der Waals surface area contributed by atoms with E-state index < -0.39 is 0 Å². The second-order valence-electron chi connectivity index (χ2n) is 8.05. The smallest absolute Gasteiger partial charge is 0.222 e. The molecule has 1 saturated heterocycles. The Bertz CT molecular complexity index is 1150. The molecule has 1 aliphatic heterocycles. The van der Waals surface area contributed by atoms with Crippen LogP contribution < -0.4 is 14.4 Å². The van der Waals surface area contributed by atoms with Crippen LogP contribution >= 0.6 is 23.2 Å². The second kappa shape index (κ2) is 10.5. The number of benzene rings is 2. The van der Waals surface area contributed by atoms with Gasteiger partial charge in [0.2, 0.25) is 5.91 Å². The van der Waals surface area contributed by atoms with Crippen LogP contribution in [0.4, 0.5) is 5.82 Å². The van der Waals surface area contributed by atoms with Crippen molar-refractivity contribution in [2.75, 3.05) is 44.8 Å². The van der Waals surface area contributed by atoms with Gasteiger partial charge >= 0.3 is 0 Å². The number of aryl methyl sites for hydroxylation is 1. The maximum absolute atomic E-state index is 12.7. The van der Waals surface area contributed by atoms with Crippen LogP contribution in [0.15, 0.2) is 42.5 Å². The number of pyridine rings is 1. The number of hydrogen-bond acceptors (Lipinski definition) is 5. The molecule has 0 spiro atoms. The van der Waals surface area contributed by atoms with Crippen molar-refractivity contribution in [1.29, 1.82) is 0 Å². The number of piperazine rings is 1. The Hall–Kier alpha value is -2.70. The van der Waals surface area contributed by atoms with E-state index in [1.54, 1.807) is 25.3 Å². The van der Waals surface area contributed by atoms with Crippen molar-refractivity contribution in [3.05, 3.63) is 58.1 Å². The van der Waals surface area contributed by atoms with Crippen LogP contribution in [-0.4, -0.2) is 55.7 Å². The van der Waals surface area contributed by atoms with Gasteiger partial charge in [0.15, 0.2) is 0 Å². The minimum atomic E-state index is 0.143. The maximum atomic E-state index is 12.7. The predicted octanol–water partition coefficient (Wildman–Crippen LogP) is 5.37. The van der Waals surface area contributed by atoms with Gasteiger partial charge in [-0.25, -0.2) is 4.98 Å². The normalized spacial score (nSPS) is 13.9. The number of carbonyl (C=O) groups excluding carboxylic acids is 1. The molecule has 4 rings (SSSR count). The van der Waals surface area contributed by atoms with Gasteiger partial charge in [-0.3, -0.25) is 4.79 Å². The molecule has 2 heterocycles. The molecule has 1 fully saturated rings. The first-order chi connectivity index (χ1) is 16.0. The van der Waals surface area contributed by atoms with E-state index in [1.165, 1.54) is 0 Å². The summed E-state index contributed by atoms with van der Waals surface area (Å²) in [7, 11) is 1.66. The molecule has 0 unspecified atom stereocenters. The second-order valence-corrected chi connectivity index (χ2v) is 8.89. The quantitative estimate of drug-likeness (QED) is 0.419. The SMILES string of the molecule is COc1cccc2c(C)cc(N3CCN(C(=O)CCCOc4ccc(Cl)cc4Cl)CC3)nc12. The topological polar surface area (TPSA) is 54.9 Å². The molecule has 1 aromatic heterocycles. The highest BCUT2D eigenvalue weighted by Crippen LogP contribution is 2.30. The van der Waals surface area contributed by atoms with Crippen molar-refractivity contribution in [2.45, 2.75) is 19.8 Å². The van der Waals surface area contributed by atoms with E-state index in [9.17, 15) is 4.79 Å². The van der Waals surface area contributed by atoms with Crippen LogP contribution in [0.1, 0.15) is 18.4 Å². The molecule has 0 N–H and O–H groups in total. The lowest BCUT2D eigenvalue weighted by atomic mass is 10.1. The number of ether oxygens (including phenoxy) is 2. The van der Waals surface area contributed by atoms with Gasteiger partial charge < -0.3 is 19.3 Å². The number of anilines is 1. The number of nitrogens with zero attached hydrogens (tertiary/aromatic N) is 3. The van der Waals surface area contributed by atoms with Gasteiger partial charge in [-0.1, -0.05) is 35.3 Å². The molecule has 174 valence electrons. The van der Waals surface area contributed by atoms with E-state index in [-0.39, 0.29) is 5.91 Å². The lowest BCUT2D eigenvalue weighted by molar-refractivity contribution is -0.131. The van der Waals surface area contributed by atoms with Crippen molar-refractivity contribution >= 4 is 45.8 Å². The number of para-hydroxylation sites is 1. The molecule has 0 bridgehead atoms. The number of aromatic nitrogens is 1. The largest absolute Gasteiger partial charge is 0.494 e. The molecule has 33 heavy (non-hydrogen) atoms. The fraction of sp³-hybridized carbons (Fsp3) is 0.360. The van der Waals surface area contributed by atoms with E-state index in [0.717, 1.165) is 41.1 Å². The summed E-state index contributed by atoms with van der Waals surface area (Å²) in [4.78, 5) is 21.7. The summed E-state index contributed by atoms with van der Waals surface area (Å²) >= 11 is 12.0. The van der Waals surface area contributed by atoms with Gasteiger partial charge in [0.05, 0.1) is 18.7 Å². The molecule has 0 radical (unpaired) electrons. The zero-order valence-electron chi connectivity index (χ0n) is 18.8. The van der Waals surface area contributed by atoms with E-state index in [2.05, 4.69) is 24.0 Å². The molecular formula is C25H27Cl2N3O3. The van der Waals surface area contributed by atoms with Crippen molar-refractivity contribution in [2.24, 2.45) is 0 Å². The molecule has 3 aromatic rings.